The molecule has 4 nitrogen and oxygen atoms in total. The van der Waals surface area contributed by atoms with E-state index in [0.29, 0.717) is 5.69 Å². The summed E-state index contributed by atoms with van der Waals surface area (Å²) in [7, 11) is 0. The van der Waals surface area contributed by atoms with Gasteiger partial charge in [-0.05, 0) is 19.1 Å². The number of hydrogen-bond acceptors (Lipinski definition) is 4. The Bertz CT molecular complexity index is 604. The molecule has 0 unspecified atom stereocenters. The van der Waals surface area contributed by atoms with Crippen LogP contribution < -0.4 is 4.74 Å². The fourth-order valence-electron chi connectivity index (χ4n) is 1.40. The fourth-order valence-corrected chi connectivity index (χ4v) is 1.40. The van der Waals surface area contributed by atoms with E-state index in [9.17, 15) is 18.0 Å². The van der Waals surface area contributed by atoms with Crippen LogP contribution >= 0.6 is 0 Å². The Morgan fingerprint density at radius 2 is 2.00 bits per heavy atom. The molecule has 0 radical (unpaired) electrons. The number of esters is 1. The van der Waals surface area contributed by atoms with Crippen LogP contribution in [0.4, 0.5) is 13.2 Å². The van der Waals surface area contributed by atoms with Crippen LogP contribution in [0, 0.1) is 6.92 Å². The predicted octanol–water partition coefficient (Wildman–Crippen LogP) is 3.22. The van der Waals surface area contributed by atoms with Crippen molar-refractivity contribution in [2.75, 3.05) is 0 Å². The maximum absolute atomic E-state index is 12.7. The Kier molecular flexibility index (Phi) is 3.28. The lowest BCUT2D eigenvalue weighted by molar-refractivity contribution is -0.138. The largest absolute Gasteiger partial charge is 0.420 e. The van der Waals surface area contributed by atoms with Crippen LogP contribution in [0.25, 0.3) is 0 Å². The monoisotopic (exact) mass is 271 g/mol. The minimum atomic E-state index is -4.60. The molecule has 0 saturated carbocycles. The van der Waals surface area contributed by atoms with E-state index < -0.39 is 23.5 Å². The third kappa shape index (κ3) is 2.93. The quantitative estimate of drug-likeness (QED) is 0.621. The molecule has 1 aromatic heterocycles. The summed E-state index contributed by atoms with van der Waals surface area (Å²) in [5.41, 5.74) is -0.601. The van der Waals surface area contributed by atoms with Gasteiger partial charge in [-0.15, -0.1) is 0 Å². The number of aryl methyl sites for hydroxylation is 1. The molecule has 2 rings (SSSR count). The Morgan fingerprint density at radius 1 is 1.32 bits per heavy atom. The van der Waals surface area contributed by atoms with Crippen LogP contribution in [-0.4, -0.2) is 11.1 Å². The zero-order valence-electron chi connectivity index (χ0n) is 9.69. The van der Waals surface area contributed by atoms with E-state index in [1.54, 1.807) is 6.92 Å². The van der Waals surface area contributed by atoms with Crippen LogP contribution in [0.3, 0.4) is 0 Å². The molecule has 7 heteroatoms. The molecule has 0 fully saturated rings. The number of hydrogen-bond donors (Lipinski definition) is 0. The molecule has 2 aromatic rings. The number of nitrogens with zero attached hydrogens (tertiary/aromatic N) is 1. The van der Waals surface area contributed by atoms with Gasteiger partial charge in [0.2, 0.25) is 5.76 Å². The number of benzene rings is 1. The summed E-state index contributed by atoms with van der Waals surface area (Å²) in [6.07, 6.45) is -4.60. The maximum Gasteiger partial charge on any atom is 0.419 e. The van der Waals surface area contributed by atoms with Crippen LogP contribution in [0.2, 0.25) is 0 Å². The number of aromatic nitrogens is 1. The van der Waals surface area contributed by atoms with Gasteiger partial charge in [-0.1, -0.05) is 17.3 Å². The minimum Gasteiger partial charge on any atom is -0.420 e. The number of halogens is 3. The Balaban J connectivity index is 2.27. The van der Waals surface area contributed by atoms with E-state index in [1.807, 2.05) is 0 Å². The number of carbonyl (C=O) groups is 1. The van der Waals surface area contributed by atoms with Gasteiger partial charge in [0, 0.05) is 6.07 Å². The summed E-state index contributed by atoms with van der Waals surface area (Å²) in [5.74, 6) is -1.86. The second-order valence-corrected chi connectivity index (χ2v) is 3.72. The number of ether oxygens (including phenoxy) is 1. The van der Waals surface area contributed by atoms with Gasteiger partial charge in [-0.3, -0.25) is 0 Å². The molecule has 19 heavy (non-hydrogen) atoms. The van der Waals surface area contributed by atoms with Crippen molar-refractivity contribution in [1.82, 2.24) is 5.16 Å². The van der Waals surface area contributed by atoms with Gasteiger partial charge in [0.1, 0.15) is 5.75 Å². The van der Waals surface area contributed by atoms with Crippen LogP contribution in [-0.2, 0) is 6.18 Å². The molecule has 100 valence electrons. The molecule has 0 atom stereocenters. The fraction of sp³-hybridized carbons (Fsp3) is 0.167. The lowest BCUT2D eigenvalue weighted by Crippen LogP contribution is -2.13. The van der Waals surface area contributed by atoms with Crippen LogP contribution in [0.1, 0.15) is 21.8 Å². The van der Waals surface area contributed by atoms with Gasteiger partial charge < -0.3 is 9.26 Å². The Morgan fingerprint density at radius 3 is 2.58 bits per heavy atom. The van der Waals surface area contributed by atoms with Gasteiger partial charge in [-0.25, -0.2) is 4.79 Å². The summed E-state index contributed by atoms with van der Waals surface area (Å²) in [6.45, 7) is 1.57. The van der Waals surface area contributed by atoms with Crippen LogP contribution in [0.15, 0.2) is 34.9 Å². The van der Waals surface area contributed by atoms with Gasteiger partial charge in [0.25, 0.3) is 0 Å². The molecule has 1 heterocycles. The maximum atomic E-state index is 12.7. The predicted molar refractivity (Wildman–Crippen MR) is 57.6 cm³/mol. The molecular formula is C12H8F3NO3. The number of rotatable bonds is 2. The molecule has 0 aliphatic carbocycles. The summed E-state index contributed by atoms with van der Waals surface area (Å²) in [4.78, 5) is 11.6. The van der Waals surface area contributed by atoms with Gasteiger partial charge in [0.05, 0.1) is 11.3 Å². The van der Waals surface area contributed by atoms with Crippen molar-refractivity contribution in [1.29, 1.82) is 0 Å². The topological polar surface area (TPSA) is 52.3 Å². The molecule has 0 spiro atoms. The minimum absolute atomic E-state index is 0.255. The van der Waals surface area contributed by atoms with E-state index in [2.05, 4.69) is 14.4 Å². The molecule has 0 N–H and O–H groups in total. The van der Waals surface area contributed by atoms with Gasteiger partial charge in [0.15, 0.2) is 0 Å². The molecule has 0 aliphatic rings. The lowest BCUT2D eigenvalue weighted by Gasteiger charge is -2.11. The first-order valence-electron chi connectivity index (χ1n) is 5.19. The van der Waals surface area contributed by atoms with Crippen molar-refractivity contribution >= 4 is 5.97 Å². The van der Waals surface area contributed by atoms with Gasteiger partial charge in [-0.2, -0.15) is 13.2 Å². The molecule has 0 saturated heterocycles. The summed E-state index contributed by atoms with van der Waals surface area (Å²) >= 11 is 0. The molecule has 0 amide bonds. The second-order valence-electron chi connectivity index (χ2n) is 3.72. The van der Waals surface area contributed by atoms with E-state index >= 15 is 0 Å². The normalized spacial score (nSPS) is 11.4. The third-order valence-corrected chi connectivity index (χ3v) is 2.22. The third-order valence-electron chi connectivity index (χ3n) is 2.22. The summed E-state index contributed by atoms with van der Waals surface area (Å²) in [5, 5.41) is 3.45. The highest BCUT2D eigenvalue weighted by Gasteiger charge is 2.35. The van der Waals surface area contributed by atoms with E-state index in [0.717, 1.165) is 12.1 Å². The zero-order valence-corrected chi connectivity index (χ0v) is 9.69. The zero-order chi connectivity index (χ0) is 14.0. The molecule has 0 bridgehead atoms. The van der Waals surface area contributed by atoms with Crippen molar-refractivity contribution in [3.05, 3.63) is 47.3 Å². The second kappa shape index (κ2) is 4.75. The SMILES string of the molecule is Cc1cc(C(=O)Oc2ccccc2C(F)(F)F)on1. The van der Waals surface area contributed by atoms with Crippen molar-refractivity contribution < 1.29 is 27.2 Å². The smallest absolute Gasteiger partial charge is 0.419 e. The Labute approximate surface area is 105 Å². The Hall–Kier alpha value is -2.31. The highest BCUT2D eigenvalue weighted by molar-refractivity contribution is 5.88. The lowest BCUT2D eigenvalue weighted by atomic mass is 10.2. The number of para-hydroxylation sites is 1. The van der Waals surface area contributed by atoms with Crippen molar-refractivity contribution in [2.45, 2.75) is 13.1 Å². The molecule has 1 aromatic carbocycles. The number of carbonyl (C=O) groups excluding carboxylic acids is 1. The number of alkyl halides is 3. The first-order valence-corrected chi connectivity index (χ1v) is 5.19. The first-order chi connectivity index (χ1) is 8.88. The summed E-state index contributed by atoms with van der Waals surface area (Å²) in [6, 6.07) is 5.71. The van der Waals surface area contributed by atoms with Crippen LogP contribution in [0.5, 0.6) is 5.75 Å². The summed E-state index contributed by atoms with van der Waals surface area (Å²) < 4.78 is 47.3. The van der Waals surface area contributed by atoms with Crippen molar-refractivity contribution in [2.24, 2.45) is 0 Å². The molecular weight excluding hydrogens is 263 g/mol. The highest BCUT2D eigenvalue weighted by Crippen LogP contribution is 2.36. The standard InChI is InChI=1S/C12H8F3NO3/c1-7-6-10(19-16-7)11(17)18-9-5-3-2-4-8(9)12(13,14)15/h2-6H,1H3. The molecule has 0 aliphatic heterocycles. The van der Waals surface area contributed by atoms with E-state index in [1.165, 1.54) is 18.2 Å². The van der Waals surface area contributed by atoms with Crippen molar-refractivity contribution in [3.8, 4) is 5.75 Å². The van der Waals surface area contributed by atoms with E-state index in [-0.39, 0.29) is 5.76 Å². The van der Waals surface area contributed by atoms with Gasteiger partial charge >= 0.3 is 12.1 Å². The highest BCUT2D eigenvalue weighted by atomic mass is 19.4. The average Bonchev–Trinajstić information content (AvgIpc) is 2.75. The van der Waals surface area contributed by atoms with Crippen molar-refractivity contribution in [3.63, 3.8) is 0 Å². The van der Waals surface area contributed by atoms with E-state index in [4.69, 9.17) is 0 Å². The first kappa shape index (κ1) is 13.1. The average molecular weight is 271 g/mol.